The maximum Gasteiger partial charge on any atom is 0.210 e. The van der Waals surface area contributed by atoms with Gasteiger partial charge in [-0.3, -0.25) is 4.79 Å². The third kappa shape index (κ3) is 1.79. The van der Waals surface area contributed by atoms with Gasteiger partial charge in [-0.15, -0.1) is 0 Å². The van der Waals surface area contributed by atoms with E-state index in [1.807, 2.05) is 17.9 Å². The molecule has 1 aliphatic rings. The molecule has 1 saturated heterocycles. The Hall–Kier alpha value is -1.58. The number of likely N-dealkylation sites (tertiary alicyclic amines) is 1. The van der Waals surface area contributed by atoms with E-state index in [4.69, 9.17) is 5.73 Å². The maximum absolute atomic E-state index is 10.8. The molecule has 80 valence electrons. The zero-order valence-electron chi connectivity index (χ0n) is 8.81. The van der Waals surface area contributed by atoms with Crippen molar-refractivity contribution < 1.29 is 4.79 Å². The van der Waals surface area contributed by atoms with Crippen LogP contribution in [0.5, 0.6) is 0 Å². The number of hydrogen-bond acceptors (Lipinski definition) is 3. The lowest BCUT2D eigenvalue weighted by molar-refractivity contribution is -0.118. The molecule has 2 heterocycles. The molecule has 2 N–H and O–H groups in total. The standard InChI is InChI=1S/C11H15N3O/c1-8-5-9(6-13-11(8)12)10-3-2-4-14(10)7-15/h5-7,10H,2-4H2,1H3,(H2,12,13). The summed E-state index contributed by atoms with van der Waals surface area (Å²) in [5.74, 6) is 0.564. The third-order valence-corrected chi connectivity index (χ3v) is 2.95. The highest BCUT2D eigenvalue weighted by molar-refractivity contribution is 5.50. The number of anilines is 1. The van der Waals surface area contributed by atoms with Gasteiger partial charge in [0.2, 0.25) is 6.41 Å². The predicted octanol–water partition coefficient (Wildman–Crippen LogP) is 1.27. The Balaban J connectivity index is 2.28. The van der Waals surface area contributed by atoms with Gasteiger partial charge in [-0.1, -0.05) is 0 Å². The molecule has 1 fully saturated rings. The maximum atomic E-state index is 10.8. The molecule has 15 heavy (non-hydrogen) atoms. The fourth-order valence-electron chi connectivity index (χ4n) is 2.06. The van der Waals surface area contributed by atoms with E-state index in [0.29, 0.717) is 5.82 Å². The number of hydrogen-bond donors (Lipinski definition) is 1. The van der Waals surface area contributed by atoms with Crippen LogP contribution in [0.4, 0.5) is 5.82 Å². The Morgan fingerprint density at radius 1 is 1.67 bits per heavy atom. The van der Waals surface area contributed by atoms with Crippen LogP contribution in [0.25, 0.3) is 0 Å². The highest BCUT2D eigenvalue weighted by Crippen LogP contribution is 2.30. The van der Waals surface area contributed by atoms with Crippen molar-refractivity contribution in [3.05, 3.63) is 23.4 Å². The van der Waals surface area contributed by atoms with Crippen molar-refractivity contribution >= 4 is 12.2 Å². The van der Waals surface area contributed by atoms with Crippen LogP contribution >= 0.6 is 0 Å². The highest BCUT2D eigenvalue weighted by Gasteiger charge is 2.24. The molecule has 1 aromatic heterocycles. The summed E-state index contributed by atoms with van der Waals surface area (Å²) in [6.45, 7) is 2.78. The van der Waals surface area contributed by atoms with E-state index in [0.717, 1.165) is 36.9 Å². The summed E-state index contributed by atoms with van der Waals surface area (Å²) in [5.41, 5.74) is 7.73. The highest BCUT2D eigenvalue weighted by atomic mass is 16.1. The number of amides is 1. The minimum Gasteiger partial charge on any atom is -0.383 e. The molecule has 4 heteroatoms. The minimum atomic E-state index is 0.189. The monoisotopic (exact) mass is 205 g/mol. The van der Waals surface area contributed by atoms with Gasteiger partial charge in [-0.2, -0.15) is 0 Å². The molecule has 2 rings (SSSR count). The largest absolute Gasteiger partial charge is 0.383 e. The van der Waals surface area contributed by atoms with E-state index in [1.165, 1.54) is 0 Å². The van der Waals surface area contributed by atoms with Crippen LogP contribution in [0.1, 0.15) is 30.0 Å². The van der Waals surface area contributed by atoms with Crippen molar-refractivity contribution in [2.45, 2.75) is 25.8 Å². The van der Waals surface area contributed by atoms with Gasteiger partial charge in [-0.25, -0.2) is 4.98 Å². The lowest BCUT2D eigenvalue weighted by Gasteiger charge is -2.20. The van der Waals surface area contributed by atoms with Gasteiger partial charge < -0.3 is 10.6 Å². The van der Waals surface area contributed by atoms with Gasteiger partial charge in [-0.05, 0) is 37.0 Å². The van der Waals surface area contributed by atoms with E-state index in [2.05, 4.69) is 4.98 Å². The average Bonchev–Trinajstić information content (AvgIpc) is 2.70. The number of carbonyl (C=O) groups is 1. The van der Waals surface area contributed by atoms with Gasteiger partial charge in [0.1, 0.15) is 5.82 Å². The second kappa shape index (κ2) is 3.88. The summed E-state index contributed by atoms with van der Waals surface area (Å²) < 4.78 is 0. The first-order valence-corrected chi connectivity index (χ1v) is 5.15. The van der Waals surface area contributed by atoms with Gasteiger partial charge in [0.15, 0.2) is 0 Å². The second-order valence-corrected chi connectivity index (χ2v) is 3.97. The van der Waals surface area contributed by atoms with Crippen molar-refractivity contribution in [2.24, 2.45) is 0 Å². The second-order valence-electron chi connectivity index (χ2n) is 3.97. The molecule has 1 atom stereocenters. The fraction of sp³-hybridized carbons (Fsp3) is 0.455. The molecule has 0 aromatic carbocycles. The first-order valence-electron chi connectivity index (χ1n) is 5.15. The lowest BCUT2D eigenvalue weighted by atomic mass is 10.1. The van der Waals surface area contributed by atoms with Crippen molar-refractivity contribution in [2.75, 3.05) is 12.3 Å². The van der Waals surface area contributed by atoms with Crippen LogP contribution in [0, 0.1) is 6.92 Å². The molecule has 0 spiro atoms. The summed E-state index contributed by atoms with van der Waals surface area (Å²) in [5, 5.41) is 0. The summed E-state index contributed by atoms with van der Waals surface area (Å²) >= 11 is 0. The predicted molar refractivity (Wildman–Crippen MR) is 58.1 cm³/mol. The van der Waals surface area contributed by atoms with Crippen molar-refractivity contribution in [1.29, 1.82) is 0 Å². The van der Waals surface area contributed by atoms with Gasteiger partial charge in [0.05, 0.1) is 6.04 Å². The molecule has 1 aromatic rings. The zero-order valence-corrected chi connectivity index (χ0v) is 8.81. The molecule has 4 nitrogen and oxygen atoms in total. The smallest absolute Gasteiger partial charge is 0.210 e. The zero-order chi connectivity index (χ0) is 10.8. The Kier molecular flexibility index (Phi) is 2.58. The molecular weight excluding hydrogens is 190 g/mol. The number of nitrogen functional groups attached to an aromatic ring is 1. The number of aryl methyl sites for hydroxylation is 1. The van der Waals surface area contributed by atoms with Gasteiger partial charge >= 0.3 is 0 Å². The number of carbonyl (C=O) groups excluding carboxylic acids is 1. The van der Waals surface area contributed by atoms with Crippen LogP contribution in [-0.2, 0) is 4.79 Å². The molecule has 0 bridgehead atoms. The molecule has 1 aliphatic heterocycles. The number of pyridine rings is 1. The SMILES string of the molecule is Cc1cc(C2CCCN2C=O)cnc1N. The Morgan fingerprint density at radius 2 is 2.47 bits per heavy atom. The van der Waals surface area contributed by atoms with Crippen molar-refractivity contribution in [3.8, 4) is 0 Å². The molecular formula is C11H15N3O. The summed E-state index contributed by atoms with van der Waals surface area (Å²) in [4.78, 5) is 16.8. The van der Waals surface area contributed by atoms with Crippen LogP contribution in [0.3, 0.4) is 0 Å². The van der Waals surface area contributed by atoms with Crippen LogP contribution in [0.2, 0.25) is 0 Å². The van der Waals surface area contributed by atoms with Crippen molar-refractivity contribution in [1.82, 2.24) is 9.88 Å². The van der Waals surface area contributed by atoms with Crippen molar-refractivity contribution in [3.63, 3.8) is 0 Å². The Morgan fingerprint density at radius 3 is 3.13 bits per heavy atom. The number of nitrogens with zero attached hydrogens (tertiary/aromatic N) is 2. The minimum absolute atomic E-state index is 0.189. The molecule has 0 saturated carbocycles. The van der Waals surface area contributed by atoms with E-state index < -0.39 is 0 Å². The first-order chi connectivity index (χ1) is 7.22. The first kappa shape index (κ1) is 9.96. The van der Waals surface area contributed by atoms with Crippen LogP contribution in [-0.4, -0.2) is 22.8 Å². The quantitative estimate of drug-likeness (QED) is 0.739. The molecule has 0 radical (unpaired) electrons. The molecule has 0 aliphatic carbocycles. The van der Waals surface area contributed by atoms with E-state index in [9.17, 15) is 4.79 Å². The average molecular weight is 205 g/mol. The summed E-state index contributed by atoms with van der Waals surface area (Å²) in [6.07, 6.45) is 4.77. The van der Waals surface area contributed by atoms with E-state index in [-0.39, 0.29) is 6.04 Å². The molecule has 1 unspecified atom stereocenters. The van der Waals surface area contributed by atoms with Gasteiger partial charge in [0.25, 0.3) is 0 Å². The van der Waals surface area contributed by atoms with E-state index >= 15 is 0 Å². The van der Waals surface area contributed by atoms with E-state index in [1.54, 1.807) is 6.20 Å². The third-order valence-electron chi connectivity index (χ3n) is 2.95. The number of rotatable bonds is 2. The van der Waals surface area contributed by atoms with Crippen LogP contribution in [0.15, 0.2) is 12.3 Å². The number of aromatic nitrogens is 1. The van der Waals surface area contributed by atoms with Gasteiger partial charge in [0, 0.05) is 12.7 Å². The summed E-state index contributed by atoms with van der Waals surface area (Å²) in [6, 6.07) is 2.21. The Bertz CT molecular complexity index is 378. The topological polar surface area (TPSA) is 59.2 Å². The summed E-state index contributed by atoms with van der Waals surface area (Å²) in [7, 11) is 0. The molecule has 1 amide bonds. The number of nitrogens with two attached hydrogens (primary N) is 1. The Labute approximate surface area is 89.1 Å². The normalized spacial score (nSPS) is 20.6. The van der Waals surface area contributed by atoms with Crippen LogP contribution < -0.4 is 5.73 Å². The lowest BCUT2D eigenvalue weighted by Crippen LogP contribution is -2.21. The fourth-order valence-corrected chi connectivity index (χ4v) is 2.06.